The molecule has 0 fully saturated rings. The lowest BCUT2D eigenvalue weighted by Gasteiger charge is -2.18. The van der Waals surface area contributed by atoms with Crippen molar-refractivity contribution in [3.05, 3.63) is 45.1 Å². The maximum Gasteiger partial charge on any atom is 0.221 e. The van der Waals surface area contributed by atoms with Crippen molar-refractivity contribution in [1.29, 1.82) is 0 Å². The smallest absolute Gasteiger partial charge is 0.221 e. The van der Waals surface area contributed by atoms with Crippen molar-refractivity contribution < 1.29 is 4.79 Å². The minimum Gasteiger partial charge on any atom is -0.378 e. The molecule has 0 aliphatic carbocycles. The molecule has 2 rings (SSSR count). The van der Waals surface area contributed by atoms with Gasteiger partial charge < -0.3 is 10.6 Å². The second-order valence-electron chi connectivity index (χ2n) is 5.45. The number of rotatable bonds is 4. The van der Waals surface area contributed by atoms with Gasteiger partial charge in [0, 0.05) is 34.1 Å². The minimum atomic E-state index is -0.0536. The third-order valence-corrected chi connectivity index (χ3v) is 4.46. The Bertz CT molecular complexity index is 661. The SMILES string of the molecule is CC(=O)Nc1ccc(C)c(NC(C)c2cc(C)sc2C)c1. The Morgan fingerprint density at radius 2 is 1.90 bits per heavy atom. The molecular formula is C17H22N2OS. The van der Waals surface area contributed by atoms with Gasteiger partial charge in [0.1, 0.15) is 0 Å². The van der Waals surface area contributed by atoms with E-state index >= 15 is 0 Å². The predicted molar refractivity (Wildman–Crippen MR) is 91.3 cm³/mol. The van der Waals surface area contributed by atoms with E-state index in [-0.39, 0.29) is 11.9 Å². The zero-order valence-corrected chi connectivity index (χ0v) is 14.0. The van der Waals surface area contributed by atoms with Crippen LogP contribution in [0.3, 0.4) is 0 Å². The fourth-order valence-corrected chi connectivity index (χ4v) is 3.47. The first kappa shape index (κ1) is 15.6. The molecule has 1 heterocycles. The van der Waals surface area contributed by atoms with E-state index in [1.54, 1.807) is 0 Å². The van der Waals surface area contributed by atoms with Crippen LogP contribution < -0.4 is 10.6 Å². The summed E-state index contributed by atoms with van der Waals surface area (Å²) in [6.07, 6.45) is 0. The number of hydrogen-bond donors (Lipinski definition) is 2. The fourth-order valence-electron chi connectivity index (χ4n) is 2.45. The predicted octanol–water partition coefficient (Wildman–Crippen LogP) is 4.80. The first-order valence-corrected chi connectivity index (χ1v) is 7.90. The van der Waals surface area contributed by atoms with Crippen LogP contribution in [0.5, 0.6) is 0 Å². The van der Waals surface area contributed by atoms with Gasteiger partial charge in [-0.15, -0.1) is 11.3 Å². The highest BCUT2D eigenvalue weighted by atomic mass is 32.1. The third kappa shape index (κ3) is 3.85. The summed E-state index contributed by atoms with van der Waals surface area (Å²) >= 11 is 1.83. The van der Waals surface area contributed by atoms with Crippen LogP contribution in [0, 0.1) is 20.8 Å². The number of benzene rings is 1. The number of thiophene rings is 1. The Kier molecular flexibility index (Phi) is 4.68. The number of carbonyl (C=O) groups excluding carboxylic acids is 1. The first-order chi connectivity index (χ1) is 9.86. The van der Waals surface area contributed by atoms with Crippen molar-refractivity contribution in [2.45, 2.75) is 40.7 Å². The van der Waals surface area contributed by atoms with Crippen LogP contribution in [0.25, 0.3) is 0 Å². The molecular weight excluding hydrogens is 280 g/mol. The molecule has 21 heavy (non-hydrogen) atoms. The summed E-state index contributed by atoms with van der Waals surface area (Å²) < 4.78 is 0. The van der Waals surface area contributed by atoms with Crippen LogP contribution in [0.15, 0.2) is 24.3 Å². The molecule has 112 valence electrons. The van der Waals surface area contributed by atoms with E-state index in [1.807, 2.05) is 29.5 Å². The van der Waals surface area contributed by atoms with E-state index in [4.69, 9.17) is 0 Å². The molecule has 0 bridgehead atoms. The monoisotopic (exact) mass is 302 g/mol. The maximum absolute atomic E-state index is 11.2. The van der Waals surface area contributed by atoms with Crippen LogP contribution in [0.4, 0.5) is 11.4 Å². The standard InChI is InChI=1S/C17H22N2OS/c1-10-6-7-15(19-14(5)20)9-17(10)18-12(3)16-8-11(2)21-13(16)4/h6-9,12,18H,1-5H3,(H,19,20). The molecule has 0 radical (unpaired) electrons. The molecule has 0 aliphatic heterocycles. The molecule has 4 heteroatoms. The Labute approximate surface area is 130 Å². The van der Waals surface area contributed by atoms with Crippen LogP contribution in [0.2, 0.25) is 0 Å². The molecule has 2 N–H and O–H groups in total. The molecule has 1 atom stereocenters. The van der Waals surface area contributed by atoms with Gasteiger partial charge in [-0.1, -0.05) is 6.07 Å². The summed E-state index contributed by atoms with van der Waals surface area (Å²) in [5.41, 5.74) is 4.38. The Morgan fingerprint density at radius 3 is 2.48 bits per heavy atom. The first-order valence-electron chi connectivity index (χ1n) is 7.08. The van der Waals surface area contributed by atoms with Gasteiger partial charge in [-0.2, -0.15) is 0 Å². The van der Waals surface area contributed by atoms with Crippen molar-refractivity contribution in [3.8, 4) is 0 Å². The van der Waals surface area contributed by atoms with Crippen molar-refractivity contribution >= 4 is 28.6 Å². The van der Waals surface area contributed by atoms with E-state index in [9.17, 15) is 4.79 Å². The Morgan fingerprint density at radius 1 is 1.19 bits per heavy atom. The van der Waals surface area contributed by atoms with Gasteiger partial charge >= 0.3 is 0 Å². The van der Waals surface area contributed by atoms with E-state index in [0.717, 1.165) is 11.4 Å². The van der Waals surface area contributed by atoms with Gasteiger partial charge in [-0.3, -0.25) is 4.79 Å². The summed E-state index contributed by atoms with van der Waals surface area (Å²) in [6, 6.07) is 8.41. The zero-order valence-electron chi connectivity index (χ0n) is 13.2. The average molecular weight is 302 g/mol. The second-order valence-corrected chi connectivity index (χ2v) is 6.91. The highest BCUT2D eigenvalue weighted by molar-refractivity contribution is 7.12. The average Bonchev–Trinajstić information content (AvgIpc) is 2.72. The normalized spacial score (nSPS) is 12.0. The van der Waals surface area contributed by atoms with Crippen molar-refractivity contribution in [3.63, 3.8) is 0 Å². The van der Waals surface area contributed by atoms with Gasteiger partial charge in [0.05, 0.1) is 0 Å². The zero-order chi connectivity index (χ0) is 15.6. The van der Waals surface area contributed by atoms with Crippen LogP contribution >= 0.6 is 11.3 Å². The topological polar surface area (TPSA) is 41.1 Å². The lowest BCUT2D eigenvalue weighted by molar-refractivity contribution is -0.114. The van der Waals surface area contributed by atoms with Gasteiger partial charge in [0.25, 0.3) is 0 Å². The maximum atomic E-state index is 11.2. The van der Waals surface area contributed by atoms with Gasteiger partial charge in [-0.05, 0) is 57.0 Å². The number of anilines is 2. The van der Waals surface area contributed by atoms with Gasteiger partial charge in [0.15, 0.2) is 0 Å². The summed E-state index contributed by atoms with van der Waals surface area (Å²) in [4.78, 5) is 13.9. The number of amides is 1. The Hall–Kier alpha value is -1.81. The van der Waals surface area contributed by atoms with Crippen molar-refractivity contribution in [2.24, 2.45) is 0 Å². The van der Waals surface area contributed by atoms with Crippen LogP contribution in [-0.4, -0.2) is 5.91 Å². The van der Waals surface area contributed by atoms with E-state index in [2.05, 4.69) is 44.4 Å². The molecule has 0 spiro atoms. The number of nitrogens with one attached hydrogen (secondary N) is 2. The summed E-state index contributed by atoms with van der Waals surface area (Å²) in [5.74, 6) is -0.0536. The molecule has 1 amide bonds. The van der Waals surface area contributed by atoms with Crippen LogP contribution in [-0.2, 0) is 4.79 Å². The molecule has 3 nitrogen and oxygen atoms in total. The molecule has 1 aromatic carbocycles. The van der Waals surface area contributed by atoms with Gasteiger partial charge in [0.2, 0.25) is 5.91 Å². The van der Waals surface area contributed by atoms with E-state index < -0.39 is 0 Å². The lowest BCUT2D eigenvalue weighted by atomic mass is 10.1. The van der Waals surface area contributed by atoms with Crippen molar-refractivity contribution in [2.75, 3.05) is 10.6 Å². The summed E-state index contributed by atoms with van der Waals surface area (Å²) in [7, 11) is 0. The summed E-state index contributed by atoms with van der Waals surface area (Å²) in [5, 5.41) is 6.37. The Balaban J connectivity index is 2.22. The molecule has 2 aromatic rings. The minimum absolute atomic E-state index is 0.0536. The lowest BCUT2D eigenvalue weighted by Crippen LogP contribution is -2.10. The van der Waals surface area contributed by atoms with Crippen LogP contribution in [0.1, 0.15) is 40.8 Å². The molecule has 0 aliphatic rings. The molecule has 1 aromatic heterocycles. The number of carbonyl (C=O) groups is 1. The highest BCUT2D eigenvalue weighted by Gasteiger charge is 2.12. The van der Waals surface area contributed by atoms with Gasteiger partial charge in [-0.25, -0.2) is 0 Å². The van der Waals surface area contributed by atoms with E-state index in [0.29, 0.717) is 0 Å². The summed E-state index contributed by atoms with van der Waals surface area (Å²) in [6.45, 7) is 10.0. The quantitative estimate of drug-likeness (QED) is 0.851. The number of hydrogen-bond acceptors (Lipinski definition) is 3. The molecule has 1 unspecified atom stereocenters. The van der Waals surface area contributed by atoms with Crippen molar-refractivity contribution in [1.82, 2.24) is 0 Å². The molecule has 0 saturated heterocycles. The third-order valence-electron chi connectivity index (χ3n) is 3.48. The fraction of sp³-hybridized carbons (Fsp3) is 0.353. The second kappa shape index (κ2) is 6.31. The van der Waals surface area contributed by atoms with E-state index in [1.165, 1.54) is 27.8 Å². The largest absolute Gasteiger partial charge is 0.378 e. The highest BCUT2D eigenvalue weighted by Crippen LogP contribution is 2.30. The molecule has 0 saturated carbocycles. The number of aryl methyl sites for hydroxylation is 3.